The molecular formula is C20H24F2N4O3. The van der Waals surface area contributed by atoms with Crippen LogP contribution in [-0.4, -0.2) is 54.4 Å². The molecule has 0 aromatic carbocycles. The molecule has 3 heterocycles. The van der Waals surface area contributed by atoms with Gasteiger partial charge in [-0.15, -0.1) is 0 Å². The van der Waals surface area contributed by atoms with E-state index in [1.807, 2.05) is 0 Å². The lowest BCUT2D eigenvalue weighted by Crippen LogP contribution is -2.56. The minimum Gasteiger partial charge on any atom is -0.476 e. The molecule has 2 aliphatic heterocycles. The van der Waals surface area contributed by atoms with Gasteiger partial charge in [0.25, 0.3) is 5.92 Å². The molecule has 9 heteroatoms. The van der Waals surface area contributed by atoms with Crippen LogP contribution in [0.4, 0.5) is 14.5 Å². The number of rotatable bonds is 7. The Kier molecular flexibility index (Phi) is 4.10. The summed E-state index contributed by atoms with van der Waals surface area (Å²) in [6, 6.07) is 3.17. The highest BCUT2D eigenvalue weighted by Crippen LogP contribution is 2.46. The van der Waals surface area contributed by atoms with Crippen molar-refractivity contribution < 1.29 is 23.1 Å². The van der Waals surface area contributed by atoms with E-state index in [4.69, 9.17) is 10.5 Å². The van der Waals surface area contributed by atoms with Crippen molar-refractivity contribution in [1.29, 1.82) is 0 Å². The number of carbonyl (C=O) groups is 2. The molecule has 1 amide bonds. The summed E-state index contributed by atoms with van der Waals surface area (Å²) < 4.78 is 32.5. The van der Waals surface area contributed by atoms with Crippen LogP contribution in [0.25, 0.3) is 0 Å². The van der Waals surface area contributed by atoms with Gasteiger partial charge in [0.05, 0.1) is 19.7 Å². The summed E-state index contributed by atoms with van der Waals surface area (Å²) in [4.78, 5) is 31.0. The first-order chi connectivity index (χ1) is 13.8. The Morgan fingerprint density at radius 2 is 1.93 bits per heavy atom. The lowest BCUT2D eigenvalue weighted by Gasteiger charge is -2.40. The molecule has 156 valence electrons. The Labute approximate surface area is 167 Å². The van der Waals surface area contributed by atoms with Crippen LogP contribution in [0.3, 0.4) is 0 Å². The van der Waals surface area contributed by atoms with E-state index in [2.05, 4.69) is 10.3 Å². The van der Waals surface area contributed by atoms with Gasteiger partial charge >= 0.3 is 0 Å². The second kappa shape index (κ2) is 6.35. The number of hydrogen-bond donors (Lipinski definition) is 2. The van der Waals surface area contributed by atoms with Crippen LogP contribution in [-0.2, 0) is 4.79 Å². The zero-order chi connectivity index (χ0) is 20.4. The molecule has 4 aliphatic rings. The molecule has 1 spiro atoms. The summed E-state index contributed by atoms with van der Waals surface area (Å²) in [5, 5.41) is 3.25. The molecule has 3 atom stereocenters. The Morgan fingerprint density at radius 1 is 1.24 bits per heavy atom. The number of halogens is 2. The van der Waals surface area contributed by atoms with Crippen molar-refractivity contribution in [2.75, 3.05) is 31.1 Å². The van der Waals surface area contributed by atoms with Crippen LogP contribution in [0.15, 0.2) is 12.1 Å². The van der Waals surface area contributed by atoms with E-state index >= 15 is 0 Å². The summed E-state index contributed by atoms with van der Waals surface area (Å²) >= 11 is 0. The van der Waals surface area contributed by atoms with Gasteiger partial charge in [-0.1, -0.05) is 0 Å². The molecule has 5 rings (SSSR count). The Balaban J connectivity index is 1.39. The first-order valence-corrected chi connectivity index (χ1v) is 10.1. The summed E-state index contributed by atoms with van der Waals surface area (Å²) in [5.74, 6) is -3.81. The van der Waals surface area contributed by atoms with E-state index in [1.165, 1.54) is 4.90 Å². The van der Waals surface area contributed by atoms with Crippen molar-refractivity contribution in [3.05, 3.63) is 17.8 Å². The standard InChI is InChI=1S/C20H24F2N4O3/c21-20(22)9-26(10-20)15-4-3-14(25-18(15)29-7-11-1-2-11)16(27)12-5-19(8-24-19)6-13(12)17(23)28/h3-4,11-13,24H,1-2,5-10H2,(H2,23,28). The fourth-order valence-electron chi connectivity index (χ4n) is 4.47. The van der Waals surface area contributed by atoms with Gasteiger partial charge in [-0.2, -0.15) is 0 Å². The highest BCUT2D eigenvalue weighted by molar-refractivity contribution is 6.00. The number of alkyl halides is 2. The number of hydrogen-bond acceptors (Lipinski definition) is 6. The van der Waals surface area contributed by atoms with E-state index < -0.39 is 23.7 Å². The van der Waals surface area contributed by atoms with Crippen molar-refractivity contribution in [3.8, 4) is 5.88 Å². The molecule has 1 aromatic rings. The van der Waals surface area contributed by atoms with Gasteiger partial charge in [-0.25, -0.2) is 13.8 Å². The smallest absolute Gasteiger partial charge is 0.282 e. The molecule has 2 aliphatic carbocycles. The molecule has 2 saturated carbocycles. The predicted molar refractivity (Wildman–Crippen MR) is 100 cm³/mol. The SMILES string of the molecule is NC(=O)C1CC2(CN2)CC1C(=O)c1ccc(N2CC(F)(F)C2)c(OCC2CC2)n1. The minimum atomic E-state index is -2.72. The van der Waals surface area contributed by atoms with Crippen LogP contribution in [0.2, 0.25) is 0 Å². The maximum atomic E-state index is 13.3. The molecule has 2 saturated heterocycles. The van der Waals surface area contributed by atoms with Crippen molar-refractivity contribution in [2.24, 2.45) is 23.5 Å². The first kappa shape index (κ1) is 18.7. The molecule has 1 aromatic heterocycles. The maximum absolute atomic E-state index is 13.3. The maximum Gasteiger partial charge on any atom is 0.282 e. The molecule has 0 radical (unpaired) electrons. The third-order valence-electron chi connectivity index (χ3n) is 6.52. The average Bonchev–Trinajstić information content (AvgIpc) is 3.56. The second-order valence-electron chi connectivity index (χ2n) is 9.01. The van der Waals surface area contributed by atoms with E-state index in [1.54, 1.807) is 12.1 Å². The van der Waals surface area contributed by atoms with E-state index in [9.17, 15) is 18.4 Å². The largest absolute Gasteiger partial charge is 0.476 e. The van der Waals surface area contributed by atoms with Crippen molar-refractivity contribution >= 4 is 17.4 Å². The Hall–Kier alpha value is -2.29. The van der Waals surface area contributed by atoms with Crippen LogP contribution in [0.1, 0.15) is 36.2 Å². The number of pyridine rings is 1. The van der Waals surface area contributed by atoms with Crippen molar-refractivity contribution in [1.82, 2.24) is 10.3 Å². The highest BCUT2D eigenvalue weighted by atomic mass is 19.3. The number of ether oxygens (including phenoxy) is 1. The topological polar surface area (TPSA) is 107 Å². The molecule has 3 unspecified atom stereocenters. The number of anilines is 1. The number of ketones is 1. The summed E-state index contributed by atoms with van der Waals surface area (Å²) in [5.41, 5.74) is 6.06. The number of primary amides is 1. The van der Waals surface area contributed by atoms with Crippen LogP contribution >= 0.6 is 0 Å². The number of nitrogens with one attached hydrogen (secondary N) is 1. The van der Waals surface area contributed by atoms with Gasteiger partial charge in [-0.3, -0.25) is 9.59 Å². The predicted octanol–water partition coefficient (Wildman–Crippen LogP) is 1.36. The quantitative estimate of drug-likeness (QED) is 0.523. The molecular weight excluding hydrogens is 382 g/mol. The van der Waals surface area contributed by atoms with Gasteiger partial charge in [0.2, 0.25) is 11.8 Å². The fraction of sp³-hybridized carbons (Fsp3) is 0.650. The normalized spacial score (nSPS) is 32.1. The lowest BCUT2D eigenvalue weighted by molar-refractivity contribution is -0.122. The van der Waals surface area contributed by atoms with Gasteiger partial charge < -0.3 is 20.7 Å². The van der Waals surface area contributed by atoms with Gasteiger partial charge in [-0.05, 0) is 43.7 Å². The van der Waals surface area contributed by atoms with Gasteiger partial charge in [0, 0.05) is 23.9 Å². The zero-order valence-corrected chi connectivity index (χ0v) is 16.0. The van der Waals surface area contributed by atoms with Crippen molar-refractivity contribution in [3.63, 3.8) is 0 Å². The van der Waals surface area contributed by atoms with Crippen LogP contribution in [0.5, 0.6) is 5.88 Å². The van der Waals surface area contributed by atoms with Crippen LogP contribution < -0.4 is 20.7 Å². The molecule has 29 heavy (non-hydrogen) atoms. The third kappa shape index (κ3) is 3.56. The molecule has 7 nitrogen and oxygen atoms in total. The van der Waals surface area contributed by atoms with Gasteiger partial charge in [0.1, 0.15) is 11.4 Å². The number of carbonyl (C=O) groups excluding carboxylic acids is 2. The van der Waals surface area contributed by atoms with E-state index in [-0.39, 0.29) is 36.0 Å². The monoisotopic (exact) mass is 406 g/mol. The van der Waals surface area contributed by atoms with Crippen molar-refractivity contribution in [2.45, 2.75) is 37.1 Å². The fourth-order valence-corrected chi connectivity index (χ4v) is 4.47. The number of nitrogens with two attached hydrogens (primary N) is 1. The summed E-state index contributed by atoms with van der Waals surface area (Å²) in [7, 11) is 0. The second-order valence-corrected chi connectivity index (χ2v) is 9.01. The minimum absolute atomic E-state index is 0.158. The average molecular weight is 406 g/mol. The molecule has 3 N–H and O–H groups in total. The lowest BCUT2D eigenvalue weighted by atomic mass is 9.89. The van der Waals surface area contributed by atoms with E-state index in [0.29, 0.717) is 31.1 Å². The molecule has 4 fully saturated rings. The number of amides is 1. The Morgan fingerprint density at radius 3 is 2.52 bits per heavy atom. The van der Waals surface area contributed by atoms with Crippen LogP contribution in [0, 0.1) is 17.8 Å². The Bertz CT molecular complexity index is 861. The van der Waals surface area contributed by atoms with Gasteiger partial charge in [0.15, 0.2) is 5.78 Å². The first-order valence-electron chi connectivity index (χ1n) is 10.1. The summed E-state index contributed by atoms with van der Waals surface area (Å²) in [6.07, 6.45) is 3.27. The van der Waals surface area contributed by atoms with E-state index in [0.717, 1.165) is 19.4 Å². The number of aromatic nitrogens is 1. The highest BCUT2D eigenvalue weighted by Gasteiger charge is 2.56. The number of Topliss-reactive ketones (excluding diaryl/α,β-unsaturated/α-hetero) is 1. The number of nitrogens with zero attached hydrogens (tertiary/aromatic N) is 2. The zero-order valence-electron chi connectivity index (χ0n) is 16.0. The summed E-state index contributed by atoms with van der Waals surface area (Å²) in [6.45, 7) is 0.471. The molecule has 0 bridgehead atoms. The third-order valence-corrected chi connectivity index (χ3v) is 6.52.